The number of anilines is 1. The zero-order valence-electron chi connectivity index (χ0n) is 19.3. The minimum Gasteiger partial charge on any atom is -0.489 e. The normalized spacial score (nSPS) is 20.2. The average Bonchev–Trinajstić information content (AvgIpc) is 3.42. The second-order valence-corrected chi connectivity index (χ2v) is 8.88. The van der Waals surface area contributed by atoms with Crippen molar-refractivity contribution in [3.63, 3.8) is 0 Å². The van der Waals surface area contributed by atoms with Gasteiger partial charge in [-0.2, -0.15) is 0 Å². The summed E-state index contributed by atoms with van der Waals surface area (Å²) in [5.74, 6) is 1.19. The van der Waals surface area contributed by atoms with Crippen molar-refractivity contribution in [3.8, 4) is 5.75 Å². The molecule has 2 aliphatic heterocycles. The van der Waals surface area contributed by atoms with Crippen molar-refractivity contribution in [1.82, 2.24) is 10.1 Å². The molecule has 0 N–H and O–H groups in total. The molecular formula is C26H27N3O5. The van der Waals surface area contributed by atoms with Gasteiger partial charge >= 0.3 is 0 Å². The first kappa shape index (κ1) is 22.2. The number of carbonyl (C=O) groups excluding carboxylic acids is 2. The van der Waals surface area contributed by atoms with Gasteiger partial charge in [0.15, 0.2) is 0 Å². The van der Waals surface area contributed by atoms with Crippen molar-refractivity contribution in [2.24, 2.45) is 0 Å². The van der Waals surface area contributed by atoms with E-state index in [2.05, 4.69) is 5.16 Å². The number of aryl methyl sites for hydroxylation is 2. The molecule has 0 unspecified atom stereocenters. The fraction of sp³-hybridized carbons (Fsp3) is 0.346. The summed E-state index contributed by atoms with van der Waals surface area (Å²) in [5.41, 5.74) is 2.55. The van der Waals surface area contributed by atoms with Crippen LogP contribution in [0.1, 0.15) is 33.8 Å². The lowest BCUT2D eigenvalue weighted by atomic mass is 10.00. The SMILES string of the molecule is Cc1noc(C)c1COc1cccc(C(=O)N2CC[C@@]3(C2)CN(c2ccccc2)C(=O)CO3)c1. The average molecular weight is 462 g/mol. The number of nitrogens with zero attached hydrogens (tertiary/aromatic N) is 3. The molecule has 1 atom stereocenters. The van der Waals surface area contributed by atoms with E-state index in [0.29, 0.717) is 44.0 Å². The van der Waals surface area contributed by atoms with Crippen LogP contribution in [0.5, 0.6) is 5.75 Å². The van der Waals surface area contributed by atoms with Gasteiger partial charge in [-0.15, -0.1) is 0 Å². The van der Waals surface area contributed by atoms with Crippen LogP contribution in [0, 0.1) is 13.8 Å². The van der Waals surface area contributed by atoms with Gasteiger partial charge in [0.1, 0.15) is 30.3 Å². The molecule has 0 aliphatic carbocycles. The van der Waals surface area contributed by atoms with Crippen LogP contribution in [-0.2, 0) is 16.1 Å². The minimum absolute atomic E-state index is 0.0158. The Bertz CT molecular complexity index is 1190. The van der Waals surface area contributed by atoms with Crippen LogP contribution in [0.15, 0.2) is 59.1 Å². The molecule has 176 valence electrons. The van der Waals surface area contributed by atoms with Crippen LogP contribution in [-0.4, -0.2) is 53.7 Å². The summed E-state index contributed by atoms with van der Waals surface area (Å²) in [5, 5.41) is 3.95. The predicted molar refractivity (Wildman–Crippen MR) is 125 cm³/mol. The van der Waals surface area contributed by atoms with Gasteiger partial charge < -0.3 is 23.8 Å². The van der Waals surface area contributed by atoms with Crippen LogP contribution in [0.2, 0.25) is 0 Å². The van der Waals surface area contributed by atoms with E-state index in [0.717, 1.165) is 22.7 Å². The maximum absolute atomic E-state index is 13.3. The number of para-hydroxylation sites is 1. The molecule has 3 heterocycles. The van der Waals surface area contributed by atoms with Gasteiger partial charge in [-0.3, -0.25) is 9.59 Å². The van der Waals surface area contributed by atoms with Gasteiger partial charge in [-0.25, -0.2) is 0 Å². The number of morpholine rings is 1. The Labute approximate surface area is 198 Å². The Hall–Kier alpha value is -3.65. The van der Waals surface area contributed by atoms with E-state index < -0.39 is 5.60 Å². The first-order valence-corrected chi connectivity index (χ1v) is 11.4. The summed E-state index contributed by atoms with van der Waals surface area (Å²) in [7, 11) is 0. The van der Waals surface area contributed by atoms with Gasteiger partial charge in [0, 0.05) is 17.8 Å². The quantitative estimate of drug-likeness (QED) is 0.578. The summed E-state index contributed by atoms with van der Waals surface area (Å²) >= 11 is 0. The van der Waals surface area contributed by atoms with E-state index in [9.17, 15) is 9.59 Å². The molecular weight excluding hydrogens is 434 g/mol. The van der Waals surface area contributed by atoms with E-state index in [4.69, 9.17) is 14.0 Å². The van der Waals surface area contributed by atoms with Gasteiger partial charge in [0.2, 0.25) is 0 Å². The predicted octanol–water partition coefficient (Wildman–Crippen LogP) is 3.52. The van der Waals surface area contributed by atoms with E-state index in [-0.39, 0.29) is 18.4 Å². The van der Waals surface area contributed by atoms with Gasteiger partial charge in [-0.1, -0.05) is 29.4 Å². The highest BCUT2D eigenvalue weighted by Gasteiger charge is 2.46. The Morgan fingerprint density at radius 2 is 1.94 bits per heavy atom. The number of aromatic nitrogens is 1. The number of amides is 2. The van der Waals surface area contributed by atoms with Gasteiger partial charge in [-0.05, 0) is 50.6 Å². The summed E-state index contributed by atoms with van der Waals surface area (Å²) < 4.78 is 17.1. The molecule has 8 heteroatoms. The van der Waals surface area contributed by atoms with Crippen molar-refractivity contribution < 1.29 is 23.6 Å². The van der Waals surface area contributed by atoms with Crippen LogP contribution in [0.4, 0.5) is 5.69 Å². The highest BCUT2D eigenvalue weighted by molar-refractivity contribution is 5.96. The van der Waals surface area contributed by atoms with Crippen LogP contribution in [0.25, 0.3) is 0 Å². The highest BCUT2D eigenvalue weighted by Crippen LogP contribution is 2.33. The third-order valence-electron chi connectivity index (χ3n) is 6.57. The fourth-order valence-electron chi connectivity index (χ4n) is 4.59. The van der Waals surface area contributed by atoms with Crippen molar-refractivity contribution in [2.75, 3.05) is 31.1 Å². The molecule has 3 aromatic rings. The third-order valence-corrected chi connectivity index (χ3v) is 6.57. The highest BCUT2D eigenvalue weighted by atomic mass is 16.5. The van der Waals surface area contributed by atoms with E-state index in [1.807, 2.05) is 56.3 Å². The zero-order chi connectivity index (χ0) is 23.7. The Morgan fingerprint density at radius 1 is 1.12 bits per heavy atom. The molecule has 1 spiro atoms. The Morgan fingerprint density at radius 3 is 2.71 bits per heavy atom. The van der Waals surface area contributed by atoms with Crippen LogP contribution < -0.4 is 9.64 Å². The van der Waals surface area contributed by atoms with E-state index >= 15 is 0 Å². The molecule has 2 fully saturated rings. The first-order chi connectivity index (χ1) is 16.4. The van der Waals surface area contributed by atoms with Crippen molar-refractivity contribution >= 4 is 17.5 Å². The standard InChI is InChI=1S/C26H27N3O5/c1-18-23(19(2)34-27-18)14-32-22-10-6-7-20(13-22)25(31)28-12-11-26(16-28)17-29(24(30)15-33-26)21-8-4-3-5-9-21/h3-10,13H,11-12,14-17H2,1-2H3/t26-/m1/s1. The largest absolute Gasteiger partial charge is 0.489 e. The number of hydrogen-bond donors (Lipinski definition) is 0. The molecule has 1 aromatic heterocycles. The van der Waals surface area contributed by atoms with Crippen molar-refractivity contribution in [1.29, 1.82) is 0 Å². The molecule has 2 saturated heterocycles. The minimum atomic E-state index is -0.559. The molecule has 5 rings (SSSR count). The van der Waals surface area contributed by atoms with Gasteiger partial charge in [0.05, 0.1) is 24.3 Å². The van der Waals surface area contributed by atoms with Crippen molar-refractivity contribution in [3.05, 3.63) is 77.2 Å². The zero-order valence-corrected chi connectivity index (χ0v) is 19.3. The second-order valence-electron chi connectivity index (χ2n) is 8.88. The Balaban J connectivity index is 1.26. The number of carbonyl (C=O) groups is 2. The summed E-state index contributed by atoms with van der Waals surface area (Å²) in [6.45, 7) is 5.50. The number of ether oxygens (including phenoxy) is 2. The van der Waals surface area contributed by atoms with Gasteiger partial charge in [0.25, 0.3) is 11.8 Å². The number of benzene rings is 2. The smallest absolute Gasteiger partial charge is 0.254 e. The van der Waals surface area contributed by atoms with Crippen molar-refractivity contribution in [2.45, 2.75) is 32.5 Å². The molecule has 8 nitrogen and oxygen atoms in total. The number of likely N-dealkylation sites (tertiary alicyclic amines) is 1. The van der Waals surface area contributed by atoms with Crippen LogP contribution >= 0.6 is 0 Å². The Kier molecular flexibility index (Phi) is 5.83. The second kappa shape index (κ2) is 8.95. The monoisotopic (exact) mass is 461 g/mol. The van der Waals surface area contributed by atoms with E-state index in [1.54, 1.807) is 21.9 Å². The molecule has 34 heavy (non-hydrogen) atoms. The molecule has 0 radical (unpaired) electrons. The lowest BCUT2D eigenvalue weighted by Gasteiger charge is -2.40. The summed E-state index contributed by atoms with van der Waals surface area (Å²) in [6.07, 6.45) is 0.678. The fourth-order valence-corrected chi connectivity index (χ4v) is 4.59. The number of hydrogen-bond acceptors (Lipinski definition) is 6. The molecule has 2 aromatic carbocycles. The molecule has 2 aliphatic rings. The molecule has 0 saturated carbocycles. The van der Waals surface area contributed by atoms with Crippen LogP contribution in [0.3, 0.4) is 0 Å². The topological polar surface area (TPSA) is 85.1 Å². The lowest BCUT2D eigenvalue weighted by molar-refractivity contribution is -0.137. The number of rotatable bonds is 5. The summed E-state index contributed by atoms with van der Waals surface area (Å²) in [6, 6.07) is 16.8. The maximum Gasteiger partial charge on any atom is 0.254 e. The lowest BCUT2D eigenvalue weighted by Crippen LogP contribution is -2.56. The van der Waals surface area contributed by atoms with E-state index in [1.165, 1.54) is 0 Å². The molecule has 2 amide bonds. The molecule has 0 bridgehead atoms. The summed E-state index contributed by atoms with van der Waals surface area (Å²) in [4.78, 5) is 29.3. The third kappa shape index (κ3) is 4.28. The first-order valence-electron chi connectivity index (χ1n) is 11.4. The maximum atomic E-state index is 13.3.